The first-order chi connectivity index (χ1) is 8.66. The molecule has 2 rings (SSSR count). The van der Waals surface area contributed by atoms with Crippen LogP contribution in [0.15, 0.2) is 28.3 Å². The van der Waals surface area contributed by atoms with E-state index in [9.17, 15) is 0 Å². The van der Waals surface area contributed by atoms with Crippen molar-refractivity contribution in [1.82, 2.24) is 0 Å². The van der Waals surface area contributed by atoms with Gasteiger partial charge in [0, 0.05) is 22.4 Å². The SMILES string of the molecule is Cc1cc(NCCC2=CCCCC2)c(Br)cc1N. The molecular formula is C15H21BrN2. The summed E-state index contributed by atoms with van der Waals surface area (Å²) in [6.07, 6.45) is 8.82. The van der Waals surface area contributed by atoms with Crippen LogP contribution in [0.2, 0.25) is 0 Å². The van der Waals surface area contributed by atoms with Crippen LogP contribution in [0.5, 0.6) is 0 Å². The molecule has 0 fully saturated rings. The molecule has 1 aliphatic rings. The van der Waals surface area contributed by atoms with E-state index in [4.69, 9.17) is 5.73 Å². The summed E-state index contributed by atoms with van der Waals surface area (Å²) in [5, 5.41) is 3.49. The number of nitrogen functional groups attached to an aromatic ring is 1. The van der Waals surface area contributed by atoms with Gasteiger partial charge >= 0.3 is 0 Å². The van der Waals surface area contributed by atoms with Gasteiger partial charge in [-0.2, -0.15) is 0 Å². The summed E-state index contributed by atoms with van der Waals surface area (Å²) in [7, 11) is 0. The Morgan fingerprint density at radius 1 is 1.33 bits per heavy atom. The molecule has 0 radical (unpaired) electrons. The minimum Gasteiger partial charge on any atom is -0.398 e. The van der Waals surface area contributed by atoms with E-state index in [0.717, 1.165) is 34.4 Å². The summed E-state index contributed by atoms with van der Waals surface area (Å²) >= 11 is 3.55. The van der Waals surface area contributed by atoms with Gasteiger partial charge in [-0.05, 0) is 72.7 Å². The maximum atomic E-state index is 5.87. The van der Waals surface area contributed by atoms with Crippen molar-refractivity contribution in [3.8, 4) is 0 Å². The van der Waals surface area contributed by atoms with Crippen LogP contribution in [0.3, 0.4) is 0 Å². The Hall–Kier alpha value is -0.960. The molecule has 0 spiro atoms. The van der Waals surface area contributed by atoms with E-state index >= 15 is 0 Å². The van der Waals surface area contributed by atoms with Crippen LogP contribution < -0.4 is 11.1 Å². The molecule has 18 heavy (non-hydrogen) atoms. The number of allylic oxidation sites excluding steroid dienone is 1. The van der Waals surface area contributed by atoms with Crippen molar-refractivity contribution in [3.63, 3.8) is 0 Å². The van der Waals surface area contributed by atoms with Gasteiger partial charge in [-0.15, -0.1) is 0 Å². The molecule has 0 aliphatic heterocycles. The number of nitrogens with two attached hydrogens (primary N) is 1. The highest BCUT2D eigenvalue weighted by molar-refractivity contribution is 9.10. The first-order valence-corrected chi connectivity index (χ1v) is 7.43. The predicted molar refractivity (Wildman–Crippen MR) is 82.9 cm³/mol. The molecular weight excluding hydrogens is 288 g/mol. The number of nitrogens with one attached hydrogen (secondary N) is 1. The molecule has 0 amide bonds. The van der Waals surface area contributed by atoms with Gasteiger partial charge in [0.25, 0.3) is 0 Å². The molecule has 0 unspecified atom stereocenters. The number of hydrogen-bond acceptors (Lipinski definition) is 2. The van der Waals surface area contributed by atoms with Gasteiger partial charge in [0.05, 0.1) is 0 Å². The fraction of sp³-hybridized carbons (Fsp3) is 0.467. The van der Waals surface area contributed by atoms with Gasteiger partial charge in [0.15, 0.2) is 0 Å². The molecule has 0 saturated carbocycles. The predicted octanol–water partition coefficient (Wildman–Crippen LogP) is 4.64. The van der Waals surface area contributed by atoms with Crippen LogP contribution >= 0.6 is 15.9 Å². The molecule has 0 atom stereocenters. The smallest absolute Gasteiger partial charge is 0.0488 e. The second-order valence-corrected chi connectivity index (χ2v) is 5.83. The zero-order valence-corrected chi connectivity index (χ0v) is 12.5. The molecule has 0 saturated heterocycles. The largest absolute Gasteiger partial charge is 0.398 e. The summed E-state index contributed by atoms with van der Waals surface area (Å²) in [6, 6.07) is 4.08. The van der Waals surface area contributed by atoms with Crippen molar-refractivity contribution in [2.24, 2.45) is 0 Å². The van der Waals surface area contributed by atoms with Crippen molar-refractivity contribution >= 4 is 27.3 Å². The van der Waals surface area contributed by atoms with Gasteiger partial charge in [0.1, 0.15) is 0 Å². The average Bonchev–Trinajstić information content (AvgIpc) is 2.37. The summed E-state index contributed by atoms with van der Waals surface area (Å²) in [6.45, 7) is 3.03. The van der Waals surface area contributed by atoms with Crippen molar-refractivity contribution in [2.45, 2.75) is 39.0 Å². The van der Waals surface area contributed by atoms with E-state index in [2.05, 4.69) is 33.4 Å². The van der Waals surface area contributed by atoms with Crippen LogP contribution in [0.4, 0.5) is 11.4 Å². The third-order valence-corrected chi connectivity index (χ3v) is 4.16. The molecule has 2 nitrogen and oxygen atoms in total. The number of aryl methyl sites for hydroxylation is 1. The number of rotatable bonds is 4. The third-order valence-electron chi connectivity index (χ3n) is 3.50. The lowest BCUT2D eigenvalue weighted by molar-refractivity contribution is 0.679. The van der Waals surface area contributed by atoms with Gasteiger partial charge in [-0.25, -0.2) is 0 Å². The third kappa shape index (κ3) is 3.52. The van der Waals surface area contributed by atoms with E-state index < -0.39 is 0 Å². The molecule has 0 bridgehead atoms. The molecule has 1 aromatic carbocycles. The summed E-state index contributed by atoms with van der Waals surface area (Å²) in [5.41, 5.74) is 10.6. The molecule has 1 aromatic rings. The lowest BCUT2D eigenvalue weighted by atomic mass is 9.97. The number of anilines is 2. The summed E-state index contributed by atoms with van der Waals surface area (Å²) in [5.74, 6) is 0. The Morgan fingerprint density at radius 3 is 2.89 bits per heavy atom. The van der Waals surface area contributed by atoms with Crippen LogP contribution in [0.25, 0.3) is 0 Å². The van der Waals surface area contributed by atoms with E-state index in [1.165, 1.54) is 25.7 Å². The highest BCUT2D eigenvalue weighted by atomic mass is 79.9. The number of benzene rings is 1. The van der Waals surface area contributed by atoms with Crippen LogP contribution in [0.1, 0.15) is 37.7 Å². The molecule has 98 valence electrons. The highest BCUT2D eigenvalue weighted by Gasteiger charge is 2.05. The van der Waals surface area contributed by atoms with Gasteiger partial charge in [-0.1, -0.05) is 11.6 Å². The monoisotopic (exact) mass is 308 g/mol. The standard InChI is InChI=1S/C15H21BrN2/c1-11-9-15(13(16)10-14(11)17)18-8-7-12-5-3-2-4-6-12/h5,9-10,18H,2-4,6-8,17H2,1H3. The topological polar surface area (TPSA) is 38.0 Å². The van der Waals surface area contributed by atoms with E-state index in [1.54, 1.807) is 5.57 Å². The van der Waals surface area contributed by atoms with Gasteiger partial charge < -0.3 is 11.1 Å². The maximum Gasteiger partial charge on any atom is 0.0488 e. The fourth-order valence-electron chi connectivity index (χ4n) is 2.32. The summed E-state index contributed by atoms with van der Waals surface area (Å²) < 4.78 is 1.04. The Morgan fingerprint density at radius 2 is 2.17 bits per heavy atom. The molecule has 3 N–H and O–H groups in total. The number of hydrogen-bond donors (Lipinski definition) is 2. The molecule has 0 heterocycles. The van der Waals surface area contributed by atoms with Gasteiger partial charge in [0.2, 0.25) is 0 Å². The van der Waals surface area contributed by atoms with Crippen LogP contribution in [-0.4, -0.2) is 6.54 Å². The Labute approximate surface area is 118 Å². The van der Waals surface area contributed by atoms with Crippen molar-refractivity contribution in [3.05, 3.63) is 33.8 Å². The van der Waals surface area contributed by atoms with Crippen molar-refractivity contribution < 1.29 is 0 Å². The second kappa shape index (κ2) is 6.28. The van der Waals surface area contributed by atoms with Crippen LogP contribution in [0, 0.1) is 6.92 Å². The Kier molecular flexibility index (Phi) is 4.70. The number of halogens is 1. The van der Waals surface area contributed by atoms with Crippen molar-refractivity contribution in [1.29, 1.82) is 0 Å². The lowest BCUT2D eigenvalue weighted by Gasteiger charge is -2.15. The van der Waals surface area contributed by atoms with Gasteiger partial charge in [-0.3, -0.25) is 0 Å². The zero-order chi connectivity index (χ0) is 13.0. The lowest BCUT2D eigenvalue weighted by Crippen LogP contribution is -2.05. The minimum atomic E-state index is 0.836. The first-order valence-electron chi connectivity index (χ1n) is 6.64. The van der Waals surface area contributed by atoms with E-state index in [1.807, 2.05) is 13.0 Å². The summed E-state index contributed by atoms with van der Waals surface area (Å²) in [4.78, 5) is 0. The normalized spacial score (nSPS) is 15.3. The zero-order valence-electron chi connectivity index (χ0n) is 10.9. The molecule has 1 aliphatic carbocycles. The fourth-order valence-corrected chi connectivity index (χ4v) is 2.82. The quantitative estimate of drug-likeness (QED) is 0.628. The Balaban J connectivity index is 1.90. The minimum absolute atomic E-state index is 0.836. The Bertz CT molecular complexity index is 452. The van der Waals surface area contributed by atoms with Crippen molar-refractivity contribution in [2.75, 3.05) is 17.6 Å². The van der Waals surface area contributed by atoms with Crippen LogP contribution in [-0.2, 0) is 0 Å². The molecule has 3 heteroatoms. The van der Waals surface area contributed by atoms with E-state index in [0.29, 0.717) is 0 Å². The first kappa shape index (κ1) is 13.5. The maximum absolute atomic E-state index is 5.87. The average molecular weight is 309 g/mol. The second-order valence-electron chi connectivity index (χ2n) is 4.97. The van der Waals surface area contributed by atoms with E-state index in [-0.39, 0.29) is 0 Å². The molecule has 0 aromatic heterocycles. The highest BCUT2D eigenvalue weighted by Crippen LogP contribution is 2.28.